The molecular formula is C48H33NS2. The zero-order chi connectivity index (χ0) is 33.7. The standard InChI is InChI=1S/C48H33NS2/c1-3-16-32(17-4-1)34-23-14-30-44-46(34)39-21-8-11-28-42(39)50-43-29-12-9-22-40(43)47-36(24-15-31-45(47)51-44)38-26-13-25-37-35-20-7-10-27-41(35)49(48(37)38)33-18-5-2-6-19-33/h1-31,37,48H. The van der Waals surface area contributed by atoms with E-state index < -0.39 is 0 Å². The minimum absolute atomic E-state index is 0.124. The van der Waals surface area contributed by atoms with Gasteiger partial charge in [-0.3, -0.25) is 0 Å². The number of rotatable bonds is 3. The van der Waals surface area contributed by atoms with Crippen molar-refractivity contribution in [2.24, 2.45) is 0 Å². The van der Waals surface area contributed by atoms with Crippen LogP contribution < -0.4 is 4.90 Å². The van der Waals surface area contributed by atoms with Gasteiger partial charge in [0.2, 0.25) is 0 Å². The molecular weight excluding hydrogens is 655 g/mol. The van der Waals surface area contributed by atoms with Crippen LogP contribution in [-0.2, 0) is 0 Å². The monoisotopic (exact) mass is 687 g/mol. The topological polar surface area (TPSA) is 3.24 Å². The van der Waals surface area contributed by atoms with E-state index in [4.69, 9.17) is 0 Å². The fourth-order valence-corrected chi connectivity index (χ4v) is 10.4. The average Bonchev–Trinajstić information content (AvgIpc) is 3.54. The maximum atomic E-state index is 2.57. The molecule has 10 rings (SSSR count). The van der Waals surface area contributed by atoms with Gasteiger partial charge in [0.1, 0.15) is 0 Å². The van der Waals surface area contributed by atoms with Crippen molar-refractivity contribution in [3.05, 3.63) is 199 Å². The van der Waals surface area contributed by atoms with Crippen LogP contribution in [0.25, 0.3) is 39.0 Å². The van der Waals surface area contributed by atoms with Crippen molar-refractivity contribution in [2.75, 3.05) is 4.90 Å². The summed E-state index contributed by atoms with van der Waals surface area (Å²) in [6.07, 6.45) is 7.05. The van der Waals surface area contributed by atoms with E-state index in [2.05, 4.69) is 193 Å². The van der Waals surface area contributed by atoms with Gasteiger partial charge in [-0.2, -0.15) is 0 Å². The number of fused-ring (bicyclic) bond motifs is 9. The molecule has 2 unspecified atom stereocenters. The first-order valence-electron chi connectivity index (χ1n) is 17.5. The summed E-state index contributed by atoms with van der Waals surface area (Å²) < 4.78 is 0. The normalized spacial score (nSPS) is 16.9. The predicted molar refractivity (Wildman–Crippen MR) is 216 cm³/mol. The van der Waals surface area contributed by atoms with Crippen molar-refractivity contribution in [1.82, 2.24) is 0 Å². The summed E-state index contributed by atoms with van der Waals surface area (Å²) in [7, 11) is 0. The fourth-order valence-electron chi connectivity index (χ4n) is 8.17. The number of nitrogens with zero attached hydrogens (tertiary/aromatic N) is 1. The zero-order valence-corrected chi connectivity index (χ0v) is 29.4. The molecule has 3 heteroatoms. The third kappa shape index (κ3) is 5.11. The van der Waals surface area contributed by atoms with Crippen LogP contribution in [0.2, 0.25) is 0 Å². The van der Waals surface area contributed by atoms with Crippen LogP contribution in [0, 0.1) is 0 Å². The van der Waals surface area contributed by atoms with Crippen LogP contribution in [0.15, 0.2) is 208 Å². The van der Waals surface area contributed by atoms with Gasteiger partial charge in [-0.25, -0.2) is 0 Å². The highest BCUT2D eigenvalue weighted by Crippen LogP contribution is 2.56. The highest BCUT2D eigenvalue weighted by molar-refractivity contribution is 8.00. The van der Waals surface area contributed by atoms with Crippen molar-refractivity contribution >= 4 is 40.5 Å². The minimum atomic E-state index is 0.124. The summed E-state index contributed by atoms with van der Waals surface area (Å²) in [6.45, 7) is 0. The smallest absolute Gasteiger partial charge is 0.0701 e. The third-order valence-electron chi connectivity index (χ3n) is 10.3. The minimum Gasteiger partial charge on any atom is -0.333 e. The molecule has 2 heterocycles. The lowest BCUT2D eigenvalue weighted by molar-refractivity contribution is 0.761. The molecule has 0 radical (unpaired) electrons. The Morgan fingerprint density at radius 3 is 1.69 bits per heavy atom. The Kier molecular flexibility index (Phi) is 7.55. The zero-order valence-electron chi connectivity index (χ0n) is 27.8. The number of para-hydroxylation sites is 2. The Hall–Kier alpha value is -5.48. The summed E-state index contributed by atoms with van der Waals surface area (Å²) >= 11 is 3.77. The Morgan fingerprint density at radius 1 is 0.431 bits per heavy atom. The van der Waals surface area contributed by atoms with E-state index in [-0.39, 0.29) is 12.0 Å². The Morgan fingerprint density at radius 2 is 0.961 bits per heavy atom. The summed E-state index contributed by atoms with van der Waals surface area (Å²) in [5, 5.41) is 0. The second-order valence-electron chi connectivity index (χ2n) is 13.2. The molecule has 1 aliphatic carbocycles. The predicted octanol–water partition coefficient (Wildman–Crippen LogP) is 13.6. The first kappa shape index (κ1) is 30.4. The fraction of sp³-hybridized carbons (Fsp3) is 0.0417. The molecule has 0 spiro atoms. The highest BCUT2D eigenvalue weighted by Gasteiger charge is 2.42. The lowest BCUT2D eigenvalue weighted by Crippen LogP contribution is -2.32. The molecule has 2 atom stereocenters. The molecule has 7 aromatic carbocycles. The van der Waals surface area contributed by atoms with E-state index in [0.29, 0.717) is 0 Å². The molecule has 3 aliphatic rings. The van der Waals surface area contributed by atoms with Crippen molar-refractivity contribution in [3.63, 3.8) is 0 Å². The van der Waals surface area contributed by atoms with E-state index in [1.54, 1.807) is 0 Å². The van der Waals surface area contributed by atoms with Gasteiger partial charge in [0.15, 0.2) is 0 Å². The molecule has 0 amide bonds. The Labute approximate surface area is 308 Å². The molecule has 0 saturated carbocycles. The largest absolute Gasteiger partial charge is 0.333 e. The van der Waals surface area contributed by atoms with Crippen LogP contribution in [-0.4, -0.2) is 6.04 Å². The van der Waals surface area contributed by atoms with Gasteiger partial charge in [0, 0.05) is 48.0 Å². The average molecular weight is 688 g/mol. The van der Waals surface area contributed by atoms with Crippen LogP contribution >= 0.6 is 23.5 Å². The van der Waals surface area contributed by atoms with E-state index in [1.165, 1.54) is 81.0 Å². The maximum Gasteiger partial charge on any atom is 0.0701 e. The van der Waals surface area contributed by atoms with E-state index in [9.17, 15) is 0 Å². The molecule has 51 heavy (non-hydrogen) atoms. The van der Waals surface area contributed by atoms with Crippen LogP contribution in [0.3, 0.4) is 0 Å². The summed E-state index contributed by atoms with van der Waals surface area (Å²) in [4.78, 5) is 7.62. The van der Waals surface area contributed by atoms with Crippen LogP contribution in [0.4, 0.5) is 11.4 Å². The van der Waals surface area contributed by atoms with Crippen LogP contribution in [0.5, 0.6) is 0 Å². The van der Waals surface area contributed by atoms with E-state index in [0.717, 1.165) is 0 Å². The lowest BCUT2D eigenvalue weighted by Gasteiger charge is -2.35. The molecule has 2 aliphatic heterocycles. The van der Waals surface area contributed by atoms with Gasteiger partial charge in [-0.1, -0.05) is 169 Å². The van der Waals surface area contributed by atoms with Crippen molar-refractivity contribution in [1.29, 1.82) is 0 Å². The number of allylic oxidation sites excluding steroid dienone is 2. The Balaban J connectivity index is 1.22. The Bertz CT molecular complexity index is 2500. The van der Waals surface area contributed by atoms with Gasteiger partial charge < -0.3 is 4.90 Å². The lowest BCUT2D eigenvalue weighted by atomic mass is 9.81. The second-order valence-corrected chi connectivity index (χ2v) is 15.3. The van der Waals surface area contributed by atoms with Gasteiger partial charge in [0.05, 0.1) is 6.04 Å². The molecule has 7 aromatic rings. The van der Waals surface area contributed by atoms with Crippen LogP contribution in [0.1, 0.15) is 17.0 Å². The van der Waals surface area contributed by atoms with Gasteiger partial charge in [0.25, 0.3) is 0 Å². The molecule has 0 bridgehead atoms. The molecule has 0 fully saturated rings. The molecule has 0 saturated heterocycles. The van der Waals surface area contributed by atoms with Gasteiger partial charge in [-0.15, -0.1) is 0 Å². The molecule has 242 valence electrons. The number of hydrogen-bond donors (Lipinski definition) is 0. The second kappa shape index (κ2) is 12.7. The SMILES string of the molecule is C1=CC2c3ccccc3N(c3ccccc3)C2C(c2cccc3c2-c2ccccc2Sc2ccccc2-c2c(cccc2-c2ccccc2)S3)=C1. The van der Waals surface area contributed by atoms with Gasteiger partial charge in [-0.05, 0) is 81.4 Å². The maximum absolute atomic E-state index is 2.57. The first-order valence-corrected chi connectivity index (χ1v) is 19.1. The third-order valence-corrected chi connectivity index (χ3v) is 12.6. The van der Waals surface area contributed by atoms with Crippen molar-refractivity contribution in [3.8, 4) is 33.4 Å². The summed E-state index contributed by atoms with van der Waals surface area (Å²) in [5.41, 5.74) is 14.1. The van der Waals surface area contributed by atoms with E-state index in [1.807, 2.05) is 23.5 Å². The first-order chi connectivity index (χ1) is 25.3. The summed E-state index contributed by atoms with van der Waals surface area (Å²) in [5.74, 6) is 0.245. The number of benzene rings is 7. The van der Waals surface area contributed by atoms with Crippen molar-refractivity contribution < 1.29 is 0 Å². The van der Waals surface area contributed by atoms with Crippen molar-refractivity contribution in [2.45, 2.75) is 31.5 Å². The number of anilines is 2. The van der Waals surface area contributed by atoms with E-state index >= 15 is 0 Å². The molecule has 0 N–H and O–H groups in total. The van der Waals surface area contributed by atoms with Gasteiger partial charge >= 0.3 is 0 Å². The molecule has 0 aromatic heterocycles. The molecule has 1 nitrogen and oxygen atoms in total. The number of hydrogen-bond acceptors (Lipinski definition) is 3. The quantitative estimate of drug-likeness (QED) is 0.182. The highest BCUT2D eigenvalue weighted by atomic mass is 32.2. The summed E-state index contributed by atoms with van der Waals surface area (Å²) in [6, 6.07) is 62.5.